The number of alkyl halides is 2. The Balaban J connectivity index is 2.03. The molecule has 0 N–H and O–H groups in total. The summed E-state index contributed by atoms with van der Waals surface area (Å²) in [5.74, 6) is -0.0219. The average Bonchev–Trinajstić information content (AvgIpc) is 2.79. The van der Waals surface area contributed by atoms with Crippen molar-refractivity contribution in [1.29, 1.82) is 0 Å². The molecule has 1 aliphatic carbocycles. The largest absolute Gasteiger partial charge is 0.341 e. The summed E-state index contributed by atoms with van der Waals surface area (Å²) in [6.07, 6.45) is 3.96. The highest BCUT2D eigenvalue weighted by atomic mass is 35.5. The predicted molar refractivity (Wildman–Crippen MR) is 67.9 cm³/mol. The molecule has 1 aliphatic rings. The maximum Gasteiger partial charge on any atom is 0.231 e. The Bertz CT molecular complexity index is 435. The zero-order valence-electron chi connectivity index (χ0n) is 9.78. The van der Waals surface area contributed by atoms with Gasteiger partial charge in [-0.1, -0.05) is 6.07 Å². The van der Waals surface area contributed by atoms with Crippen LogP contribution in [-0.2, 0) is 11.3 Å². The summed E-state index contributed by atoms with van der Waals surface area (Å²) in [6, 6.07) is 3.78. The number of hydrogen-bond acceptors (Lipinski definition) is 2. The van der Waals surface area contributed by atoms with Gasteiger partial charge in [0.15, 0.2) is 0 Å². The van der Waals surface area contributed by atoms with Gasteiger partial charge in [-0.3, -0.25) is 9.78 Å². The molecule has 1 amide bonds. The Kier molecular flexibility index (Phi) is 3.08. The van der Waals surface area contributed by atoms with E-state index < -0.39 is 9.75 Å². The first-order valence-corrected chi connectivity index (χ1v) is 6.15. The van der Waals surface area contributed by atoms with Gasteiger partial charge in [0.25, 0.3) is 0 Å². The van der Waals surface area contributed by atoms with Crippen molar-refractivity contribution < 1.29 is 4.79 Å². The van der Waals surface area contributed by atoms with E-state index in [1.165, 1.54) is 0 Å². The molecule has 17 heavy (non-hydrogen) atoms. The molecule has 1 heterocycles. The lowest BCUT2D eigenvalue weighted by Gasteiger charge is -2.22. The average molecular weight is 273 g/mol. The van der Waals surface area contributed by atoms with Gasteiger partial charge in [0.05, 0.1) is 5.41 Å². The highest BCUT2D eigenvalue weighted by molar-refractivity contribution is 6.53. The van der Waals surface area contributed by atoms with Crippen LogP contribution in [0.4, 0.5) is 0 Å². The summed E-state index contributed by atoms with van der Waals surface area (Å²) >= 11 is 12.0. The van der Waals surface area contributed by atoms with Crippen LogP contribution in [0.1, 0.15) is 18.9 Å². The fraction of sp³-hybridized carbons (Fsp3) is 0.500. The summed E-state index contributed by atoms with van der Waals surface area (Å²) in [4.78, 5) is 17.8. The second-order valence-electron chi connectivity index (χ2n) is 4.74. The van der Waals surface area contributed by atoms with Crippen molar-refractivity contribution >= 4 is 29.1 Å². The van der Waals surface area contributed by atoms with E-state index in [-0.39, 0.29) is 5.91 Å². The van der Waals surface area contributed by atoms with Gasteiger partial charge < -0.3 is 4.90 Å². The Morgan fingerprint density at radius 1 is 1.59 bits per heavy atom. The van der Waals surface area contributed by atoms with Crippen molar-refractivity contribution in [1.82, 2.24) is 9.88 Å². The molecule has 0 spiro atoms. The van der Waals surface area contributed by atoms with E-state index in [2.05, 4.69) is 4.98 Å². The fourth-order valence-corrected chi connectivity index (χ4v) is 2.59. The molecule has 5 heteroatoms. The monoisotopic (exact) mass is 272 g/mol. The van der Waals surface area contributed by atoms with Crippen molar-refractivity contribution in [2.75, 3.05) is 7.05 Å². The number of aromatic nitrogens is 1. The first kappa shape index (κ1) is 12.7. The molecule has 0 radical (unpaired) electrons. The zero-order valence-corrected chi connectivity index (χ0v) is 11.3. The minimum atomic E-state index is -0.909. The van der Waals surface area contributed by atoms with Gasteiger partial charge in [0, 0.05) is 26.0 Å². The van der Waals surface area contributed by atoms with Crippen LogP contribution in [-0.4, -0.2) is 27.2 Å². The number of carbonyl (C=O) groups excluding carboxylic acids is 1. The highest BCUT2D eigenvalue weighted by Gasteiger charge is 2.68. The summed E-state index contributed by atoms with van der Waals surface area (Å²) in [7, 11) is 1.75. The van der Waals surface area contributed by atoms with E-state index in [4.69, 9.17) is 23.2 Å². The smallest absolute Gasteiger partial charge is 0.231 e. The van der Waals surface area contributed by atoms with E-state index in [9.17, 15) is 4.79 Å². The number of halogens is 2. The number of hydrogen-bond donors (Lipinski definition) is 0. The van der Waals surface area contributed by atoms with E-state index in [1.54, 1.807) is 31.3 Å². The predicted octanol–water partition coefficient (Wildman–Crippen LogP) is 2.62. The minimum absolute atomic E-state index is 0.0219. The Morgan fingerprint density at radius 2 is 2.24 bits per heavy atom. The van der Waals surface area contributed by atoms with Crippen molar-refractivity contribution in [3.05, 3.63) is 30.1 Å². The molecule has 0 aromatic carbocycles. The lowest BCUT2D eigenvalue weighted by atomic mass is 10.1. The molecular weight excluding hydrogens is 259 g/mol. The molecule has 1 saturated carbocycles. The summed E-state index contributed by atoms with van der Waals surface area (Å²) in [5, 5.41) is 0. The third kappa shape index (κ3) is 2.26. The molecule has 0 unspecified atom stereocenters. The maximum atomic E-state index is 12.2. The number of nitrogens with zero attached hydrogens (tertiary/aromatic N) is 2. The van der Waals surface area contributed by atoms with Crippen LogP contribution in [0.15, 0.2) is 24.5 Å². The molecule has 0 aliphatic heterocycles. The first-order valence-electron chi connectivity index (χ1n) is 5.39. The third-order valence-corrected chi connectivity index (χ3v) is 4.32. The van der Waals surface area contributed by atoms with Crippen molar-refractivity contribution in [2.45, 2.75) is 24.2 Å². The normalized spacial score (nSPS) is 25.4. The molecule has 3 nitrogen and oxygen atoms in total. The van der Waals surface area contributed by atoms with Crippen LogP contribution >= 0.6 is 23.2 Å². The van der Waals surface area contributed by atoms with Crippen LogP contribution in [0.25, 0.3) is 0 Å². The van der Waals surface area contributed by atoms with Gasteiger partial charge in [-0.15, -0.1) is 23.2 Å². The van der Waals surface area contributed by atoms with E-state index in [0.717, 1.165) is 5.56 Å². The van der Waals surface area contributed by atoms with E-state index in [0.29, 0.717) is 13.0 Å². The molecule has 2 rings (SSSR count). The summed E-state index contributed by atoms with van der Waals surface area (Å²) < 4.78 is -0.909. The van der Waals surface area contributed by atoms with Crippen LogP contribution in [0.3, 0.4) is 0 Å². The van der Waals surface area contributed by atoms with Crippen LogP contribution in [0.2, 0.25) is 0 Å². The van der Waals surface area contributed by atoms with Crippen LogP contribution < -0.4 is 0 Å². The Hall–Kier alpha value is -0.800. The molecular formula is C12H14Cl2N2O. The summed E-state index contributed by atoms with van der Waals surface area (Å²) in [6.45, 7) is 2.32. The topological polar surface area (TPSA) is 33.2 Å². The molecule has 92 valence electrons. The number of pyridine rings is 1. The molecule has 0 bridgehead atoms. The Labute approximate surface area is 111 Å². The van der Waals surface area contributed by atoms with Gasteiger partial charge in [0.2, 0.25) is 5.91 Å². The second-order valence-corrected chi connectivity index (χ2v) is 6.22. The molecule has 1 fully saturated rings. The molecule has 1 atom stereocenters. The standard InChI is InChI=1S/C12H14Cl2N2O/c1-11(8-12(11,13)14)10(17)16(2)7-9-4-3-5-15-6-9/h3-6H,7-8H2,1-2H3/t11-/m0/s1. The third-order valence-electron chi connectivity index (χ3n) is 3.22. The molecule has 1 aromatic heterocycles. The van der Waals surface area contributed by atoms with Gasteiger partial charge in [-0.25, -0.2) is 0 Å². The minimum Gasteiger partial charge on any atom is -0.341 e. The van der Waals surface area contributed by atoms with Crippen LogP contribution in [0.5, 0.6) is 0 Å². The highest BCUT2D eigenvalue weighted by Crippen LogP contribution is 2.64. The quantitative estimate of drug-likeness (QED) is 0.793. The second kappa shape index (κ2) is 4.14. The lowest BCUT2D eigenvalue weighted by molar-refractivity contribution is -0.135. The van der Waals surface area contributed by atoms with Gasteiger partial charge in [-0.2, -0.15) is 0 Å². The fourth-order valence-electron chi connectivity index (χ4n) is 1.89. The number of carbonyl (C=O) groups is 1. The Morgan fingerprint density at radius 3 is 2.71 bits per heavy atom. The van der Waals surface area contributed by atoms with Crippen molar-refractivity contribution in [3.63, 3.8) is 0 Å². The van der Waals surface area contributed by atoms with Gasteiger partial charge in [-0.05, 0) is 25.0 Å². The number of rotatable bonds is 3. The van der Waals surface area contributed by atoms with Crippen molar-refractivity contribution in [2.24, 2.45) is 5.41 Å². The molecule has 1 aromatic rings. The molecule has 0 saturated heterocycles. The first-order chi connectivity index (χ1) is 7.87. The number of amides is 1. The van der Waals surface area contributed by atoms with Gasteiger partial charge in [0.1, 0.15) is 4.33 Å². The SMILES string of the molecule is CN(Cc1cccnc1)C(=O)[C@]1(C)CC1(Cl)Cl. The van der Waals surface area contributed by atoms with E-state index >= 15 is 0 Å². The summed E-state index contributed by atoms with van der Waals surface area (Å²) in [5.41, 5.74) is 0.343. The lowest BCUT2D eigenvalue weighted by Crippen LogP contribution is -2.34. The van der Waals surface area contributed by atoms with Gasteiger partial charge >= 0.3 is 0 Å². The zero-order chi connectivity index (χ0) is 12.7. The van der Waals surface area contributed by atoms with Crippen molar-refractivity contribution in [3.8, 4) is 0 Å². The maximum absolute atomic E-state index is 12.2. The van der Waals surface area contributed by atoms with Crippen LogP contribution in [0, 0.1) is 5.41 Å². The van der Waals surface area contributed by atoms with E-state index in [1.807, 2.05) is 12.1 Å².